The van der Waals surface area contributed by atoms with Crippen molar-refractivity contribution in [3.05, 3.63) is 18.2 Å². The van der Waals surface area contributed by atoms with Crippen LogP contribution in [0.1, 0.15) is 41.0 Å². The van der Waals surface area contributed by atoms with Gasteiger partial charge in [-0.3, -0.25) is 0 Å². The molecule has 0 saturated heterocycles. The van der Waals surface area contributed by atoms with Crippen molar-refractivity contribution < 1.29 is 4.74 Å². The van der Waals surface area contributed by atoms with E-state index in [1.807, 2.05) is 18.2 Å². The molecule has 0 spiro atoms. The average molecular weight is 250 g/mol. The fourth-order valence-corrected chi connectivity index (χ4v) is 1.48. The minimum absolute atomic E-state index is 0.203. The summed E-state index contributed by atoms with van der Waals surface area (Å²) in [5.41, 5.74) is 7.85. The Morgan fingerprint density at radius 2 is 1.94 bits per heavy atom. The molecule has 1 atom stereocenters. The summed E-state index contributed by atoms with van der Waals surface area (Å²) >= 11 is 0. The quantitative estimate of drug-likeness (QED) is 0.779. The molecule has 0 saturated carbocycles. The smallest absolute Gasteiger partial charge is 0.123 e. The van der Waals surface area contributed by atoms with Crippen LogP contribution in [0.5, 0.6) is 5.75 Å². The molecule has 3 nitrogen and oxygen atoms in total. The molecule has 1 rings (SSSR count). The van der Waals surface area contributed by atoms with Crippen LogP contribution in [0, 0.1) is 5.41 Å². The van der Waals surface area contributed by atoms with E-state index in [9.17, 15) is 0 Å². The monoisotopic (exact) mass is 250 g/mol. The van der Waals surface area contributed by atoms with Gasteiger partial charge in [0.25, 0.3) is 0 Å². The van der Waals surface area contributed by atoms with Crippen molar-refractivity contribution in [2.45, 2.75) is 47.1 Å². The van der Waals surface area contributed by atoms with Gasteiger partial charge in [-0.1, -0.05) is 27.7 Å². The summed E-state index contributed by atoms with van der Waals surface area (Å²) < 4.78 is 5.62. The van der Waals surface area contributed by atoms with Crippen LogP contribution in [0.4, 0.5) is 11.4 Å². The lowest BCUT2D eigenvalue weighted by Crippen LogP contribution is -2.30. The minimum Gasteiger partial charge on any atom is -0.493 e. The molecule has 0 aliphatic carbocycles. The Labute approximate surface area is 111 Å². The molecule has 0 amide bonds. The zero-order valence-electron chi connectivity index (χ0n) is 12.2. The first-order valence-electron chi connectivity index (χ1n) is 6.63. The van der Waals surface area contributed by atoms with Crippen molar-refractivity contribution in [1.82, 2.24) is 0 Å². The van der Waals surface area contributed by atoms with E-state index in [0.29, 0.717) is 6.04 Å². The van der Waals surface area contributed by atoms with Crippen LogP contribution in [0.2, 0.25) is 0 Å². The van der Waals surface area contributed by atoms with Crippen molar-refractivity contribution in [3.63, 3.8) is 0 Å². The highest BCUT2D eigenvalue weighted by atomic mass is 16.5. The fraction of sp³-hybridized carbons (Fsp3) is 0.600. The Morgan fingerprint density at radius 1 is 1.28 bits per heavy atom. The van der Waals surface area contributed by atoms with Crippen molar-refractivity contribution >= 4 is 11.4 Å². The number of nitrogen functional groups attached to an aromatic ring is 1. The summed E-state index contributed by atoms with van der Waals surface area (Å²) in [6.45, 7) is 11.6. The van der Waals surface area contributed by atoms with Gasteiger partial charge in [0.05, 0.1) is 6.61 Å². The molecular weight excluding hydrogens is 224 g/mol. The van der Waals surface area contributed by atoms with Crippen molar-refractivity contribution in [3.8, 4) is 5.75 Å². The Kier molecular flexibility index (Phi) is 4.88. The molecule has 0 aromatic heterocycles. The molecule has 0 fully saturated rings. The van der Waals surface area contributed by atoms with Crippen LogP contribution in [0.3, 0.4) is 0 Å². The molecule has 0 aliphatic heterocycles. The van der Waals surface area contributed by atoms with Gasteiger partial charge < -0.3 is 15.8 Å². The predicted molar refractivity (Wildman–Crippen MR) is 79.2 cm³/mol. The molecule has 0 aliphatic rings. The van der Waals surface area contributed by atoms with Crippen LogP contribution in [-0.4, -0.2) is 12.6 Å². The summed E-state index contributed by atoms with van der Waals surface area (Å²) in [4.78, 5) is 0. The van der Waals surface area contributed by atoms with Gasteiger partial charge in [0.15, 0.2) is 0 Å². The van der Waals surface area contributed by atoms with Crippen LogP contribution < -0.4 is 15.8 Å². The number of ether oxygens (including phenoxy) is 1. The number of rotatable bonds is 5. The Bertz CT molecular complexity index is 383. The number of nitrogens with one attached hydrogen (secondary N) is 1. The Balaban J connectivity index is 2.79. The van der Waals surface area contributed by atoms with Crippen LogP contribution >= 0.6 is 0 Å². The fourth-order valence-electron chi connectivity index (χ4n) is 1.48. The van der Waals surface area contributed by atoms with Gasteiger partial charge in [-0.2, -0.15) is 0 Å². The molecule has 0 bridgehead atoms. The van der Waals surface area contributed by atoms with E-state index in [2.05, 4.69) is 39.9 Å². The van der Waals surface area contributed by atoms with E-state index in [1.165, 1.54) is 0 Å². The van der Waals surface area contributed by atoms with Gasteiger partial charge in [-0.25, -0.2) is 0 Å². The van der Waals surface area contributed by atoms with Crippen molar-refractivity contribution in [2.24, 2.45) is 5.41 Å². The first-order chi connectivity index (χ1) is 8.32. The third-order valence-electron chi connectivity index (χ3n) is 3.08. The lowest BCUT2D eigenvalue weighted by Gasteiger charge is -2.29. The summed E-state index contributed by atoms with van der Waals surface area (Å²) in [6, 6.07) is 6.18. The van der Waals surface area contributed by atoms with Crippen LogP contribution in [0.15, 0.2) is 18.2 Å². The number of hydrogen-bond acceptors (Lipinski definition) is 3. The normalized spacial score (nSPS) is 13.2. The van der Waals surface area contributed by atoms with E-state index in [0.717, 1.165) is 30.2 Å². The second-order valence-corrected chi connectivity index (χ2v) is 5.87. The standard InChI is InChI=1S/C15H26N2O/c1-6-7-18-14-9-12(16)8-13(10-14)17-11(2)15(3,4)5/h8-11,17H,6-7,16H2,1-5H3. The largest absolute Gasteiger partial charge is 0.493 e. The van der Waals surface area contributed by atoms with E-state index < -0.39 is 0 Å². The predicted octanol–water partition coefficient (Wildman–Crippen LogP) is 3.90. The van der Waals surface area contributed by atoms with Gasteiger partial charge in [0.2, 0.25) is 0 Å². The molecule has 3 N–H and O–H groups in total. The lowest BCUT2D eigenvalue weighted by molar-refractivity contribution is 0.317. The first kappa shape index (κ1) is 14.7. The molecule has 3 heteroatoms. The maximum atomic E-state index is 5.90. The third-order valence-corrected chi connectivity index (χ3v) is 3.08. The van der Waals surface area contributed by atoms with Crippen LogP contribution in [0.25, 0.3) is 0 Å². The molecule has 102 valence electrons. The minimum atomic E-state index is 0.203. The number of anilines is 2. The zero-order chi connectivity index (χ0) is 13.8. The molecule has 18 heavy (non-hydrogen) atoms. The second-order valence-electron chi connectivity index (χ2n) is 5.87. The highest BCUT2D eigenvalue weighted by Crippen LogP contribution is 2.27. The van der Waals surface area contributed by atoms with E-state index in [4.69, 9.17) is 10.5 Å². The van der Waals surface area contributed by atoms with Gasteiger partial charge in [-0.15, -0.1) is 0 Å². The van der Waals surface area contributed by atoms with Gasteiger partial charge in [0, 0.05) is 29.5 Å². The second kappa shape index (κ2) is 5.98. The number of hydrogen-bond donors (Lipinski definition) is 2. The van der Waals surface area contributed by atoms with E-state index >= 15 is 0 Å². The average Bonchev–Trinajstić information content (AvgIpc) is 2.24. The Hall–Kier alpha value is -1.38. The molecule has 1 aromatic carbocycles. The van der Waals surface area contributed by atoms with Crippen molar-refractivity contribution in [2.75, 3.05) is 17.7 Å². The number of benzene rings is 1. The summed E-state index contributed by atoms with van der Waals surface area (Å²) in [7, 11) is 0. The maximum Gasteiger partial charge on any atom is 0.123 e. The van der Waals surface area contributed by atoms with E-state index in [-0.39, 0.29) is 5.41 Å². The maximum absolute atomic E-state index is 5.90. The van der Waals surface area contributed by atoms with Crippen molar-refractivity contribution in [1.29, 1.82) is 0 Å². The summed E-state index contributed by atoms with van der Waals surface area (Å²) in [5.74, 6) is 0.834. The molecular formula is C15H26N2O. The van der Waals surface area contributed by atoms with Gasteiger partial charge >= 0.3 is 0 Å². The van der Waals surface area contributed by atoms with Crippen LogP contribution in [-0.2, 0) is 0 Å². The topological polar surface area (TPSA) is 47.3 Å². The molecule has 0 heterocycles. The van der Waals surface area contributed by atoms with Gasteiger partial charge in [-0.05, 0) is 24.8 Å². The highest BCUT2D eigenvalue weighted by Gasteiger charge is 2.19. The zero-order valence-corrected chi connectivity index (χ0v) is 12.2. The molecule has 1 aromatic rings. The summed E-state index contributed by atoms with van der Waals surface area (Å²) in [5, 5.41) is 3.48. The number of nitrogens with two attached hydrogens (primary N) is 1. The Morgan fingerprint density at radius 3 is 2.50 bits per heavy atom. The summed E-state index contributed by atoms with van der Waals surface area (Å²) in [6.07, 6.45) is 0.996. The third kappa shape index (κ3) is 4.47. The highest BCUT2D eigenvalue weighted by molar-refractivity contribution is 5.59. The van der Waals surface area contributed by atoms with E-state index in [1.54, 1.807) is 0 Å². The van der Waals surface area contributed by atoms with Gasteiger partial charge in [0.1, 0.15) is 5.75 Å². The SMILES string of the molecule is CCCOc1cc(N)cc(NC(C)C(C)(C)C)c1. The molecule has 1 unspecified atom stereocenters. The molecule has 0 radical (unpaired) electrons. The first-order valence-corrected chi connectivity index (χ1v) is 6.63. The lowest BCUT2D eigenvalue weighted by atomic mass is 9.88.